The minimum atomic E-state index is -3.71. The largest absolute Gasteiger partial charge is 0.272 e. The molecule has 0 saturated carbocycles. The first kappa shape index (κ1) is 16.9. The van der Waals surface area contributed by atoms with Gasteiger partial charge in [0.2, 0.25) is 10.0 Å². The Balaban J connectivity index is 1.91. The third-order valence-corrected chi connectivity index (χ3v) is 4.43. The van der Waals surface area contributed by atoms with Gasteiger partial charge in [-0.15, -0.1) is 0 Å². The van der Waals surface area contributed by atoms with Crippen LogP contribution in [0.25, 0.3) is 0 Å². The third kappa shape index (κ3) is 5.01. The van der Waals surface area contributed by atoms with Gasteiger partial charge in [0, 0.05) is 0 Å². The summed E-state index contributed by atoms with van der Waals surface area (Å²) in [5, 5.41) is 3.95. The molecule has 2 aromatic carbocycles. The highest BCUT2D eigenvalue weighted by molar-refractivity contribution is 7.89. The van der Waals surface area contributed by atoms with E-state index in [1.807, 2.05) is 30.3 Å². The topological polar surface area (TPSA) is 87.6 Å². The van der Waals surface area contributed by atoms with Crippen LogP contribution in [-0.2, 0) is 14.8 Å². The lowest BCUT2D eigenvalue weighted by Gasteiger charge is -2.06. The molecule has 0 radical (unpaired) electrons. The van der Waals surface area contributed by atoms with Crippen LogP contribution in [0, 0.1) is 0 Å². The number of nitrogens with zero attached hydrogens (tertiary/aromatic N) is 1. The molecule has 0 spiro atoms. The minimum absolute atomic E-state index is 0.108. The van der Waals surface area contributed by atoms with Gasteiger partial charge in [-0.05, 0) is 24.6 Å². The number of rotatable bonds is 6. The van der Waals surface area contributed by atoms with Crippen molar-refractivity contribution in [2.75, 3.05) is 6.54 Å². The standard InChI is InChI=1S/C16H17N3O3S/c1-13(14-8-4-2-5-9-14)18-19-16(20)12-17-23(21,22)15-10-6-3-7-11-15/h2-11,17H,12H2,1H3,(H,19,20)/b18-13-. The molecule has 0 aliphatic heterocycles. The van der Waals surface area contributed by atoms with Gasteiger partial charge in [0.05, 0.1) is 17.2 Å². The van der Waals surface area contributed by atoms with Gasteiger partial charge in [-0.3, -0.25) is 4.79 Å². The average molecular weight is 331 g/mol. The fourth-order valence-corrected chi connectivity index (χ4v) is 2.78. The average Bonchev–Trinajstić information content (AvgIpc) is 2.59. The Morgan fingerprint density at radius 2 is 1.57 bits per heavy atom. The van der Waals surface area contributed by atoms with Gasteiger partial charge < -0.3 is 0 Å². The zero-order valence-corrected chi connectivity index (χ0v) is 13.4. The maximum atomic E-state index is 12.0. The van der Waals surface area contributed by atoms with E-state index < -0.39 is 15.9 Å². The molecule has 0 bridgehead atoms. The summed E-state index contributed by atoms with van der Waals surface area (Å²) in [5.41, 5.74) is 3.83. The lowest BCUT2D eigenvalue weighted by atomic mass is 10.1. The van der Waals surface area contributed by atoms with Crippen LogP contribution in [0.3, 0.4) is 0 Å². The second kappa shape index (κ2) is 7.66. The molecule has 120 valence electrons. The third-order valence-electron chi connectivity index (χ3n) is 3.02. The summed E-state index contributed by atoms with van der Waals surface area (Å²) in [5.74, 6) is -0.542. The SMILES string of the molecule is C/C(=N/NC(=O)CNS(=O)(=O)c1ccccc1)c1ccccc1. The summed E-state index contributed by atoms with van der Waals surface area (Å²) in [6.07, 6.45) is 0. The van der Waals surface area contributed by atoms with Crippen LogP contribution in [0.4, 0.5) is 0 Å². The van der Waals surface area contributed by atoms with Crippen molar-refractivity contribution in [3.05, 3.63) is 66.2 Å². The maximum absolute atomic E-state index is 12.0. The van der Waals surface area contributed by atoms with E-state index in [2.05, 4.69) is 15.2 Å². The van der Waals surface area contributed by atoms with E-state index in [1.54, 1.807) is 25.1 Å². The highest BCUT2D eigenvalue weighted by Gasteiger charge is 2.14. The summed E-state index contributed by atoms with van der Waals surface area (Å²) < 4.78 is 26.2. The van der Waals surface area contributed by atoms with Crippen LogP contribution in [-0.4, -0.2) is 26.6 Å². The Hall–Kier alpha value is -2.51. The van der Waals surface area contributed by atoms with E-state index in [0.29, 0.717) is 5.71 Å². The summed E-state index contributed by atoms with van der Waals surface area (Å²) >= 11 is 0. The molecule has 2 N–H and O–H groups in total. The summed E-state index contributed by atoms with van der Waals surface area (Å²) in [6.45, 7) is 1.37. The molecule has 23 heavy (non-hydrogen) atoms. The van der Waals surface area contributed by atoms with E-state index in [9.17, 15) is 13.2 Å². The van der Waals surface area contributed by atoms with E-state index in [0.717, 1.165) is 5.56 Å². The fourth-order valence-electron chi connectivity index (χ4n) is 1.77. The molecular weight excluding hydrogens is 314 g/mol. The van der Waals surface area contributed by atoms with E-state index >= 15 is 0 Å². The zero-order chi connectivity index (χ0) is 16.7. The van der Waals surface area contributed by atoms with Crippen LogP contribution >= 0.6 is 0 Å². The number of hydrazone groups is 1. The lowest BCUT2D eigenvalue weighted by Crippen LogP contribution is -2.35. The Kier molecular flexibility index (Phi) is 5.61. The Morgan fingerprint density at radius 1 is 1.00 bits per heavy atom. The Morgan fingerprint density at radius 3 is 2.17 bits per heavy atom. The Bertz CT molecular complexity index is 788. The van der Waals surface area contributed by atoms with Crippen LogP contribution < -0.4 is 10.1 Å². The molecule has 0 aliphatic carbocycles. The van der Waals surface area contributed by atoms with E-state index in [1.165, 1.54) is 12.1 Å². The molecule has 6 nitrogen and oxygen atoms in total. The van der Waals surface area contributed by atoms with Gasteiger partial charge in [-0.2, -0.15) is 5.10 Å². The van der Waals surface area contributed by atoms with Gasteiger partial charge in [0.15, 0.2) is 0 Å². The summed E-state index contributed by atoms with van der Waals surface area (Å²) in [6, 6.07) is 17.2. The quantitative estimate of drug-likeness (QED) is 0.621. The lowest BCUT2D eigenvalue weighted by molar-refractivity contribution is -0.119. The summed E-state index contributed by atoms with van der Waals surface area (Å²) in [7, 11) is -3.71. The van der Waals surface area contributed by atoms with Gasteiger partial charge in [-0.25, -0.2) is 18.6 Å². The molecular formula is C16H17N3O3S. The van der Waals surface area contributed by atoms with Crippen molar-refractivity contribution in [1.29, 1.82) is 0 Å². The van der Waals surface area contributed by atoms with E-state index in [-0.39, 0.29) is 11.4 Å². The number of carbonyl (C=O) groups is 1. The van der Waals surface area contributed by atoms with Crippen molar-refractivity contribution in [1.82, 2.24) is 10.1 Å². The summed E-state index contributed by atoms with van der Waals surface area (Å²) in [4.78, 5) is 11.8. The van der Waals surface area contributed by atoms with Gasteiger partial charge in [-0.1, -0.05) is 48.5 Å². The van der Waals surface area contributed by atoms with Crippen molar-refractivity contribution in [3.8, 4) is 0 Å². The van der Waals surface area contributed by atoms with Crippen molar-refractivity contribution >= 4 is 21.6 Å². The molecule has 2 rings (SSSR count). The number of hydrogen-bond acceptors (Lipinski definition) is 4. The van der Waals surface area contributed by atoms with Crippen molar-refractivity contribution in [3.63, 3.8) is 0 Å². The highest BCUT2D eigenvalue weighted by atomic mass is 32.2. The molecule has 0 aromatic heterocycles. The minimum Gasteiger partial charge on any atom is -0.272 e. The van der Waals surface area contributed by atoms with Gasteiger partial charge in [0.25, 0.3) is 5.91 Å². The number of sulfonamides is 1. The molecule has 0 atom stereocenters. The predicted octanol–water partition coefficient (Wildman–Crippen LogP) is 1.51. The second-order valence-electron chi connectivity index (χ2n) is 4.74. The van der Waals surface area contributed by atoms with Gasteiger partial charge >= 0.3 is 0 Å². The second-order valence-corrected chi connectivity index (χ2v) is 6.50. The molecule has 0 heterocycles. The van der Waals surface area contributed by atoms with Crippen LogP contribution in [0.1, 0.15) is 12.5 Å². The van der Waals surface area contributed by atoms with Crippen LogP contribution in [0.15, 0.2) is 70.7 Å². The van der Waals surface area contributed by atoms with Crippen molar-refractivity contribution in [2.45, 2.75) is 11.8 Å². The molecule has 1 amide bonds. The normalized spacial score (nSPS) is 12.0. The maximum Gasteiger partial charge on any atom is 0.255 e. The van der Waals surface area contributed by atoms with E-state index in [4.69, 9.17) is 0 Å². The number of carbonyl (C=O) groups excluding carboxylic acids is 1. The molecule has 0 aliphatic rings. The van der Waals surface area contributed by atoms with Gasteiger partial charge in [0.1, 0.15) is 0 Å². The monoisotopic (exact) mass is 331 g/mol. The highest BCUT2D eigenvalue weighted by Crippen LogP contribution is 2.06. The smallest absolute Gasteiger partial charge is 0.255 e. The first-order valence-corrected chi connectivity index (χ1v) is 8.40. The van der Waals surface area contributed by atoms with Crippen LogP contribution in [0.2, 0.25) is 0 Å². The number of nitrogens with one attached hydrogen (secondary N) is 2. The molecule has 0 fully saturated rings. The van der Waals surface area contributed by atoms with Crippen molar-refractivity contribution < 1.29 is 13.2 Å². The number of hydrogen-bond donors (Lipinski definition) is 2. The fraction of sp³-hybridized carbons (Fsp3) is 0.125. The Labute approximate surface area is 135 Å². The number of benzene rings is 2. The zero-order valence-electron chi connectivity index (χ0n) is 12.6. The first-order chi connectivity index (χ1) is 11.0. The first-order valence-electron chi connectivity index (χ1n) is 6.92. The molecule has 0 saturated heterocycles. The molecule has 2 aromatic rings. The molecule has 0 unspecified atom stereocenters. The van der Waals surface area contributed by atoms with Crippen molar-refractivity contribution in [2.24, 2.45) is 5.10 Å². The van der Waals surface area contributed by atoms with Crippen LogP contribution in [0.5, 0.6) is 0 Å². The predicted molar refractivity (Wildman–Crippen MR) is 88.4 cm³/mol. The molecule has 7 heteroatoms. The number of amides is 1.